The van der Waals surface area contributed by atoms with Crippen LogP contribution in [-0.4, -0.2) is 27.5 Å². The fourth-order valence-electron chi connectivity index (χ4n) is 3.46. The highest BCUT2D eigenvalue weighted by atomic mass is 15.1. The molecule has 114 valence electrons. The summed E-state index contributed by atoms with van der Waals surface area (Å²) in [6.07, 6.45) is 10.9. The van der Waals surface area contributed by atoms with Crippen molar-refractivity contribution in [3.8, 4) is 0 Å². The molecule has 0 bridgehead atoms. The van der Waals surface area contributed by atoms with E-state index in [2.05, 4.69) is 34.4 Å². The molecule has 2 aromatic heterocycles. The van der Waals surface area contributed by atoms with Crippen LogP contribution in [0.25, 0.3) is 5.65 Å². The fraction of sp³-hybridized carbons (Fsp3) is 0.625. The maximum absolute atomic E-state index is 4.67. The quantitative estimate of drug-likeness (QED) is 0.905. The first kappa shape index (κ1) is 14.2. The third-order valence-electron chi connectivity index (χ3n) is 4.63. The summed E-state index contributed by atoms with van der Waals surface area (Å²) in [6, 6.07) is 0.499. The molecular weight excluding hydrogens is 262 g/mol. The van der Waals surface area contributed by atoms with Gasteiger partial charge in [0.2, 0.25) is 0 Å². The first-order valence-corrected chi connectivity index (χ1v) is 7.97. The normalized spacial score (nSPS) is 22.7. The lowest BCUT2D eigenvalue weighted by Gasteiger charge is -2.35. The first-order valence-electron chi connectivity index (χ1n) is 7.97. The minimum atomic E-state index is 0.499. The van der Waals surface area contributed by atoms with Gasteiger partial charge in [0.1, 0.15) is 5.82 Å². The van der Waals surface area contributed by atoms with Crippen molar-refractivity contribution in [2.75, 3.05) is 17.7 Å². The lowest BCUT2D eigenvalue weighted by Crippen LogP contribution is -2.35. The number of hydrogen-bond donors (Lipinski definition) is 2. The van der Waals surface area contributed by atoms with Crippen LogP contribution < -0.4 is 10.6 Å². The fourth-order valence-corrected chi connectivity index (χ4v) is 3.46. The Balaban J connectivity index is 1.90. The number of anilines is 2. The van der Waals surface area contributed by atoms with Gasteiger partial charge in [0.15, 0.2) is 11.5 Å². The molecule has 0 aliphatic heterocycles. The molecule has 3 rings (SSSR count). The number of fused-ring (bicyclic) bond motifs is 1. The first-order chi connectivity index (χ1) is 10.2. The van der Waals surface area contributed by atoms with Gasteiger partial charge >= 0.3 is 0 Å². The predicted octanol–water partition coefficient (Wildman–Crippen LogP) is 3.40. The van der Waals surface area contributed by atoms with Crippen LogP contribution in [0, 0.1) is 11.8 Å². The lowest BCUT2D eigenvalue weighted by atomic mass is 9.78. The maximum atomic E-state index is 4.67. The number of hydrogen-bond acceptors (Lipinski definition) is 4. The third-order valence-corrected chi connectivity index (χ3v) is 4.63. The Morgan fingerprint density at radius 1 is 1.29 bits per heavy atom. The minimum Gasteiger partial charge on any atom is -0.372 e. The molecule has 5 heteroatoms. The van der Waals surface area contributed by atoms with Crippen LogP contribution in [0.4, 0.5) is 11.6 Å². The smallest absolute Gasteiger partial charge is 0.180 e. The molecule has 0 spiro atoms. The Bertz CT molecular complexity index is 604. The lowest BCUT2D eigenvalue weighted by molar-refractivity contribution is 0.253. The highest BCUT2D eigenvalue weighted by Crippen LogP contribution is 2.32. The van der Waals surface area contributed by atoms with Crippen molar-refractivity contribution in [2.45, 2.75) is 45.6 Å². The summed E-state index contributed by atoms with van der Waals surface area (Å²) in [4.78, 5) is 9.11. The Kier molecular flexibility index (Phi) is 3.99. The number of rotatable bonds is 4. The zero-order chi connectivity index (χ0) is 14.8. The van der Waals surface area contributed by atoms with E-state index in [1.807, 2.05) is 30.0 Å². The standard InChI is InChI=1S/C16H25N5/c1-11(2)12-6-4-5-7-13(12)19-15-16-18-8-9-21(16)10-14(17-3)20-15/h8-13,17H,4-7H2,1-3H3,(H,19,20). The van der Waals surface area contributed by atoms with Crippen LogP contribution in [0.2, 0.25) is 0 Å². The molecule has 2 heterocycles. The van der Waals surface area contributed by atoms with Gasteiger partial charge in [-0.15, -0.1) is 0 Å². The van der Waals surface area contributed by atoms with Crippen LogP contribution in [0.3, 0.4) is 0 Å². The van der Waals surface area contributed by atoms with Crippen molar-refractivity contribution < 1.29 is 0 Å². The second-order valence-corrected chi connectivity index (χ2v) is 6.33. The topological polar surface area (TPSA) is 54.2 Å². The van der Waals surface area contributed by atoms with Gasteiger partial charge in [0.25, 0.3) is 0 Å². The second kappa shape index (κ2) is 5.92. The zero-order valence-corrected chi connectivity index (χ0v) is 13.1. The molecule has 5 nitrogen and oxygen atoms in total. The van der Waals surface area contributed by atoms with E-state index in [0.29, 0.717) is 17.9 Å². The average molecular weight is 287 g/mol. The summed E-state index contributed by atoms with van der Waals surface area (Å²) in [5.41, 5.74) is 0.905. The molecule has 2 aromatic rings. The number of nitrogens with zero attached hydrogens (tertiary/aromatic N) is 3. The van der Waals surface area contributed by atoms with E-state index in [9.17, 15) is 0 Å². The Morgan fingerprint density at radius 3 is 2.86 bits per heavy atom. The van der Waals surface area contributed by atoms with Crippen molar-refractivity contribution in [1.82, 2.24) is 14.4 Å². The summed E-state index contributed by atoms with van der Waals surface area (Å²) in [5.74, 6) is 3.17. The van der Waals surface area contributed by atoms with Gasteiger partial charge < -0.3 is 15.0 Å². The number of nitrogens with one attached hydrogen (secondary N) is 2. The average Bonchev–Trinajstić information content (AvgIpc) is 2.96. The maximum Gasteiger partial charge on any atom is 0.180 e. The van der Waals surface area contributed by atoms with E-state index >= 15 is 0 Å². The molecule has 1 aliphatic carbocycles. The Hall–Kier alpha value is -1.78. The van der Waals surface area contributed by atoms with E-state index < -0.39 is 0 Å². The molecule has 1 fully saturated rings. The largest absolute Gasteiger partial charge is 0.372 e. The summed E-state index contributed by atoms with van der Waals surface area (Å²) >= 11 is 0. The molecule has 0 radical (unpaired) electrons. The molecule has 0 saturated heterocycles. The summed E-state index contributed by atoms with van der Waals surface area (Å²) in [6.45, 7) is 4.65. The van der Waals surface area contributed by atoms with Crippen molar-refractivity contribution in [3.63, 3.8) is 0 Å². The molecule has 0 amide bonds. The van der Waals surface area contributed by atoms with E-state index in [4.69, 9.17) is 0 Å². The van der Waals surface area contributed by atoms with E-state index in [-0.39, 0.29) is 0 Å². The molecule has 1 saturated carbocycles. The van der Waals surface area contributed by atoms with Gasteiger partial charge in [0.05, 0.1) is 6.20 Å². The molecule has 0 aromatic carbocycles. The van der Waals surface area contributed by atoms with Gasteiger partial charge in [0, 0.05) is 25.5 Å². The van der Waals surface area contributed by atoms with Gasteiger partial charge in [-0.25, -0.2) is 9.97 Å². The van der Waals surface area contributed by atoms with Gasteiger partial charge in [-0.2, -0.15) is 0 Å². The Labute approximate surface area is 126 Å². The summed E-state index contributed by atoms with van der Waals surface area (Å²) in [5, 5.41) is 6.80. The van der Waals surface area contributed by atoms with Crippen LogP contribution >= 0.6 is 0 Å². The van der Waals surface area contributed by atoms with Crippen molar-refractivity contribution >= 4 is 17.3 Å². The van der Waals surface area contributed by atoms with Gasteiger partial charge in [-0.05, 0) is 24.7 Å². The van der Waals surface area contributed by atoms with Gasteiger partial charge in [-0.1, -0.05) is 26.7 Å². The highest BCUT2D eigenvalue weighted by molar-refractivity contribution is 5.65. The van der Waals surface area contributed by atoms with E-state index in [1.165, 1.54) is 25.7 Å². The molecule has 1 aliphatic rings. The van der Waals surface area contributed by atoms with Gasteiger partial charge in [-0.3, -0.25) is 0 Å². The predicted molar refractivity (Wildman–Crippen MR) is 86.7 cm³/mol. The zero-order valence-electron chi connectivity index (χ0n) is 13.1. The van der Waals surface area contributed by atoms with Crippen LogP contribution in [-0.2, 0) is 0 Å². The van der Waals surface area contributed by atoms with Crippen molar-refractivity contribution in [3.05, 3.63) is 18.6 Å². The minimum absolute atomic E-state index is 0.499. The third kappa shape index (κ3) is 2.82. The molecular formula is C16H25N5. The molecule has 2 unspecified atom stereocenters. The van der Waals surface area contributed by atoms with Crippen LogP contribution in [0.1, 0.15) is 39.5 Å². The van der Waals surface area contributed by atoms with Crippen molar-refractivity contribution in [2.24, 2.45) is 11.8 Å². The van der Waals surface area contributed by atoms with Crippen LogP contribution in [0.15, 0.2) is 18.6 Å². The summed E-state index contributed by atoms with van der Waals surface area (Å²) < 4.78 is 2.02. The van der Waals surface area contributed by atoms with E-state index in [0.717, 1.165) is 17.3 Å². The Morgan fingerprint density at radius 2 is 2.10 bits per heavy atom. The van der Waals surface area contributed by atoms with E-state index in [1.54, 1.807) is 0 Å². The summed E-state index contributed by atoms with van der Waals surface area (Å²) in [7, 11) is 1.90. The molecule has 21 heavy (non-hydrogen) atoms. The SMILES string of the molecule is CNc1cn2ccnc2c(NC2CCCCC2C(C)C)n1. The second-order valence-electron chi connectivity index (χ2n) is 6.33. The van der Waals surface area contributed by atoms with Crippen molar-refractivity contribution in [1.29, 1.82) is 0 Å². The monoisotopic (exact) mass is 287 g/mol. The number of imidazole rings is 1. The van der Waals surface area contributed by atoms with Crippen LogP contribution in [0.5, 0.6) is 0 Å². The highest BCUT2D eigenvalue weighted by Gasteiger charge is 2.28. The number of aromatic nitrogens is 3. The molecule has 2 atom stereocenters. The molecule has 2 N–H and O–H groups in total.